The van der Waals surface area contributed by atoms with E-state index < -0.39 is 9.58 Å². The van der Waals surface area contributed by atoms with Crippen molar-refractivity contribution in [3.8, 4) is 0 Å². The lowest BCUT2D eigenvalue weighted by molar-refractivity contribution is 0.0996. The highest BCUT2D eigenvalue weighted by Gasteiger charge is 2.31. The molecule has 0 saturated carbocycles. The second-order valence-electron chi connectivity index (χ2n) is 3.60. The second kappa shape index (κ2) is 4.73. The zero-order chi connectivity index (χ0) is 11.6. The standard InChI is InChI=1S/C11H11Cl3O/c1-7(2)8-3-5-9(6-4-8)10(15)11(12,13)14/h3-7H,1-2H3. The van der Waals surface area contributed by atoms with Crippen molar-refractivity contribution in [3.05, 3.63) is 35.4 Å². The lowest BCUT2D eigenvalue weighted by atomic mass is 10.0. The molecule has 0 aliphatic carbocycles. The molecule has 0 fully saturated rings. The number of Topliss-reactive ketones (excluding diaryl/α,β-unsaturated/α-hetero) is 1. The van der Waals surface area contributed by atoms with Gasteiger partial charge in [0.1, 0.15) is 0 Å². The summed E-state index contributed by atoms with van der Waals surface area (Å²) < 4.78 is -1.88. The van der Waals surface area contributed by atoms with Gasteiger partial charge in [0.25, 0.3) is 3.79 Å². The fraction of sp³-hybridized carbons (Fsp3) is 0.364. The van der Waals surface area contributed by atoms with Crippen LogP contribution in [0.5, 0.6) is 0 Å². The minimum Gasteiger partial charge on any atom is -0.289 e. The Morgan fingerprint density at radius 3 is 1.93 bits per heavy atom. The molecule has 0 spiro atoms. The molecule has 1 nitrogen and oxygen atoms in total. The first-order valence-electron chi connectivity index (χ1n) is 4.54. The summed E-state index contributed by atoms with van der Waals surface area (Å²) in [5, 5.41) is 0. The molecule has 0 N–H and O–H groups in total. The van der Waals surface area contributed by atoms with Gasteiger partial charge in [-0.15, -0.1) is 0 Å². The highest BCUT2D eigenvalue weighted by Crippen LogP contribution is 2.30. The van der Waals surface area contributed by atoms with Gasteiger partial charge in [0, 0.05) is 5.56 Å². The maximum Gasteiger partial charge on any atom is 0.253 e. The Bertz CT molecular complexity index is 349. The number of carbonyl (C=O) groups excluding carboxylic acids is 1. The Morgan fingerprint density at radius 1 is 1.13 bits per heavy atom. The number of carbonyl (C=O) groups is 1. The van der Waals surface area contributed by atoms with Crippen LogP contribution in [-0.2, 0) is 0 Å². The molecule has 0 radical (unpaired) electrons. The van der Waals surface area contributed by atoms with Crippen molar-refractivity contribution in [2.24, 2.45) is 0 Å². The third-order valence-electron chi connectivity index (χ3n) is 2.10. The van der Waals surface area contributed by atoms with E-state index in [9.17, 15) is 4.79 Å². The van der Waals surface area contributed by atoms with Crippen LogP contribution in [0.15, 0.2) is 24.3 Å². The van der Waals surface area contributed by atoms with Gasteiger partial charge in [-0.1, -0.05) is 72.9 Å². The molecule has 0 heterocycles. The molecule has 4 heteroatoms. The van der Waals surface area contributed by atoms with Crippen LogP contribution < -0.4 is 0 Å². The normalized spacial score (nSPS) is 11.9. The second-order valence-corrected chi connectivity index (χ2v) is 5.88. The molecule has 1 rings (SSSR count). The van der Waals surface area contributed by atoms with E-state index in [1.54, 1.807) is 12.1 Å². The molecular weight excluding hydrogens is 254 g/mol. The van der Waals surface area contributed by atoms with E-state index in [0.717, 1.165) is 5.56 Å². The monoisotopic (exact) mass is 264 g/mol. The van der Waals surface area contributed by atoms with Gasteiger partial charge < -0.3 is 0 Å². The first kappa shape index (κ1) is 12.8. The molecular formula is C11H11Cl3O. The van der Waals surface area contributed by atoms with Crippen LogP contribution in [0.2, 0.25) is 0 Å². The van der Waals surface area contributed by atoms with E-state index >= 15 is 0 Å². The number of hydrogen-bond acceptors (Lipinski definition) is 1. The fourth-order valence-electron chi connectivity index (χ4n) is 1.18. The Hall–Kier alpha value is -0.240. The zero-order valence-electron chi connectivity index (χ0n) is 8.43. The smallest absolute Gasteiger partial charge is 0.253 e. The first-order chi connectivity index (χ1) is 6.82. The molecule has 1 aromatic carbocycles. The number of ketones is 1. The molecule has 82 valence electrons. The summed E-state index contributed by atoms with van der Waals surface area (Å²) in [5.41, 5.74) is 1.57. The predicted molar refractivity (Wildman–Crippen MR) is 65.2 cm³/mol. The van der Waals surface area contributed by atoms with Gasteiger partial charge in [-0.3, -0.25) is 4.79 Å². The summed E-state index contributed by atoms with van der Waals surface area (Å²) in [4.78, 5) is 11.6. The average Bonchev–Trinajstić information content (AvgIpc) is 2.15. The maximum atomic E-state index is 11.6. The van der Waals surface area contributed by atoms with Gasteiger partial charge in [0.05, 0.1) is 0 Å². The Balaban J connectivity index is 2.95. The van der Waals surface area contributed by atoms with Crippen molar-refractivity contribution in [1.82, 2.24) is 0 Å². The van der Waals surface area contributed by atoms with Crippen molar-refractivity contribution >= 4 is 40.6 Å². The van der Waals surface area contributed by atoms with Crippen LogP contribution in [0.3, 0.4) is 0 Å². The minimum absolute atomic E-state index is 0.416. The lowest BCUT2D eigenvalue weighted by Gasteiger charge is -2.10. The number of halogens is 3. The Morgan fingerprint density at radius 2 is 1.60 bits per heavy atom. The van der Waals surface area contributed by atoms with E-state index in [4.69, 9.17) is 34.8 Å². The number of hydrogen-bond donors (Lipinski definition) is 0. The Labute approximate surface area is 104 Å². The van der Waals surface area contributed by atoms with Crippen LogP contribution in [0.25, 0.3) is 0 Å². The van der Waals surface area contributed by atoms with Gasteiger partial charge >= 0.3 is 0 Å². The van der Waals surface area contributed by atoms with Crippen molar-refractivity contribution in [2.45, 2.75) is 23.6 Å². The van der Waals surface area contributed by atoms with Crippen molar-refractivity contribution in [1.29, 1.82) is 0 Å². The van der Waals surface area contributed by atoms with Gasteiger partial charge in [0.2, 0.25) is 5.78 Å². The summed E-state index contributed by atoms with van der Waals surface area (Å²) in [7, 11) is 0. The van der Waals surface area contributed by atoms with Crippen molar-refractivity contribution in [2.75, 3.05) is 0 Å². The average molecular weight is 266 g/mol. The van der Waals surface area contributed by atoms with Gasteiger partial charge in [0.15, 0.2) is 0 Å². The fourth-order valence-corrected chi connectivity index (χ4v) is 1.51. The van der Waals surface area contributed by atoms with Gasteiger partial charge in [-0.2, -0.15) is 0 Å². The van der Waals surface area contributed by atoms with E-state index in [2.05, 4.69) is 13.8 Å². The van der Waals surface area contributed by atoms with Crippen molar-refractivity contribution in [3.63, 3.8) is 0 Å². The summed E-state index contributed by atoms with van der Waals surface area (Å²) in [6, 6.07) is 7.10. The van der Waals surface area contributed by atoms with Gasteiger partial charge in [-0.25, -0.2) is 0 Å². The third kappa shape index (κ3) is 3.37. The first-order valence-corrected chi connectivity index (χ1v) is 5.67. The highest BCUT2D eigenvalue weighted by atomic mass is 35.6. The number of alkyl halides is 3. The molecule has 0 saturated heterocycles. The number of benzene rings is 1. The summed E-state index contributed by atoms with van der Waals surface area (Å²) >= 11 is 16.5. The molecule has 0 aromatic heterocycles. The zero-order valence-corrected chi connectivity index (χ0v) is 10.7. The van der Waals surface area contributed by atoms with Crippen LogP contribution in [-0.4, -0.2) is 9.58 Å². The van der Waals surface area contributed by atoms with Crippen LogP contribution in [0, 0.1) is 0 Å². The maximum absolute atomic E-state index is 11.6. The topological polar surface area (TPSA) is 17.1 Å². The van der Waals surface area contributed by atoms with E-state index in [-0.39, 0.29) is 0 Å². The van der Waals surface area contributed by atoms with Crippen LogP contribution >= 0.6 is 34.8 Å². The van der Waals surface area contributed by atoms with Crippen LogP contribution in [0.4, 0.5) is 0 Å². The molecule has 0 unspecified atom stereocenters. The molecule has 15 heavy (non-hydrogen) atoms. The number of rotatable bonds is 2. The van der Waals surface area contributed by atoms with E-state index in [1.165, 1.54) is 0 Å². The quantitative estimate of drug-likeness (QED) is 0.573. The third-order valence-corrected chi connectivity index (χ3v) is 2.61. The minimum atomic E-state index is -1.88. The molecule has 0 amide bonds. The summed E-state index contributed by atoms with van der Waals surface area (Å²) in [6.45, 7) is 4.15. The Kier molecular flexibility index (Phi) is 4.05. The molecule has 0 atom stereocenters. The predicted octanol–water partition coefficient (Wildman–Crippen LogP) is 4.36. The highest BCUT2D eigenvalue weighted by molar-refractivity contribution is 6.77. The van der Waals surface area contributed by atoms with E-state index in [0.29, 0.717) is 11.5 Å². The molecule has 0 bridgehead atoms. The summed E-state index contributed by atoms with van der Waals surface area (Å²) in [5.74, 6) is -0.0790. The molecule has 0 aliphatic heterocycles. The largest absolute Gasteiger partial charge is 0.289 e. The lowest BCUT2D eigenvalue weighted by Crippen LogP contribution is -2.18. The SMILES string of the molecule is CC(C)c1ccc(C(=O)C(Cl)(Cl)Cl)cc1. The molecule has 0 aliphatic rings. The summed E-state index contributed by atoms with van der Waals surface area (Å²) in [6.07, 6.45) is 0. The van der Waals surface area contributed by atoms with Crippen molar-refractivity contribution < 1.29 is 4.79 Å². The van der Waals surface area contributed by atoms with Crippen LogP contribution in [0.1, 0.15) is 35.7 Å². The van der Waals surface area contributed by atoms with E-state index in [1.807, 2.05) is 12.1 Å². The molecule has 1 aromatic rings. The van der Waals surface area contributed by atoms with Gasteiger partial charge in [-0.05, 0) is 11.5 Å².